The number of hydrogen-bond donors (Lipinski definition) is 0. The van der Waals surface area contributed by atoms with Gasteiger partial charge < -0.3 is 9.47 Å². The van der Waals surface area contributed by atoms with E-state index in [0.29, 0.717) is 31.2 Å². The van der Waals surface area contributed by atoms with Gasteiger partial charge in [0.05, 0.1) is 32.4 Å². The third-order valence-electron chi connectivity index (χ3n) is 3.54. The van der Waals surface area contributed by atoms with Crippen LogP contribution in [-0.2, 0) is 16.0 Å². The number of ether oxygens (including phenoxy) is 2. The number of rotatable bonds is 4. The van der Waals surface area contributed by atoms with Gasteiger partial charge >= 0.3 is 5.97 Å². The first-order chi connectivity index (χ1) is 9.78. The van der Waals surface area contributed by atoms with Gasteiger partial charge in [0.25, 0.3) is 0 Å². The summed E-state index contributed by atoms with van der Waals surface area (Å²) < 4.78 is 11.9. The molecule has 0 spiro atoms. The van der Waals surface area contributed by atoms with Gasteiger partial charge in [-0.15, -0.1) is 0 Å². The Hall–Kier alpha value is -2.14. The molecule has 5 heteroatoms. The molecular formula is C15H16N2O3. The van der Waals surface area contributed by atoms with Gasteiger partial charge in [-0.2, -0.15) is 5.10 Å². The molecule has 0 N–H and O–H groups in total. The van der Waals surface area contributed by atoms with Gasteiger partial charge in [0.15, 0.2) is 0 Å². The molecule has 5 nitrogen and oxygen atoms in total. The van der Waals surface area contributed by atoms with Gasteiger partial charge in [-0.1, -0.05) is 6.07 Å². The van der Waals surface area contributed by atoms with Crippen LogP contribution in [0.15, 0.2) is 36.7 Å². The van der Waals surface area contributed by atoms with Crippen LogP contribution in [0.25, 0.3) is 0 Å². The molecular weight excluding hydrogens is 256 g/mol. The maximum absolute atomic E-state index is 11.7. The fourth-order valence-electron chi connectivity index (χ4n) is 2.35. The van der Waals surface area contributed by atoms with E-state index in [2.05, 4.69) is 5.10 Å². The summed E-state index contributed by atoms with van der Waals surface area (Å²) in [4.78, 5) is 11.7. The zero-order valence-corrected chi connectivity index (χ0v) is 11.3. The molecule has 1 aromatic heterocycles. The van der Waals surface area contributed by atoms with E-state index >= 15 is 0 Å². The highest BCUT2D eigenvalue weighted by atomic mass is 16.5. The van der Waals surface area contributed by atoms with E-state index in [0.717, 1.165) is 11.1 Å². The second kappa shape index (κ2) is 5.46. The van der Waals surface area contributed by atoms with Gasteiger partial charge in [0.1, 0.15) is 0 Å². The Bertz CT molecular complexity index is 604. The van der Waals surface area contributed by atoms with Crippen LogP contribution in [0.5, 0.6) is 0 Å². The van der Waals surface area contributed by atoms with Crippen LogP contribution in [0.2, 0.25) is 0 Å². The predicted molar refractivity (Wildman–Crippen MR) is 72.7 cm³/mol. The van der Waals surface area contributed by atoms with E-state index in [1.54, 1.807) is 12.3 Å². The third kappa shape index (κ3) is 2.44. The number of esters is 1. The largest absolute Gasteiger partial charge is 0.465 e. The summed E-state index contributed by atoms with van der Waals surface area (Å²) in [5.74, 6) is 0.0438. The van der Waals surface area contributed by atoms with E-state index < -0.39 is 0 Å². The molecule has 0 unspecified atom stereocenters. The van der Waals surface area contributed by atoms with Crippen molar-refractivity contribution in [2.24, 2.45) is 0 Å². The maximum atomic E-state index is 11.7. The average Bonchev–Trinajstić information content (AvgIpc) is 2.90. The number of nitrogens with zero attached hydrogens (tertiary/aromatic N) is 2. The molecule has 20 heavy (non-hydrogen) atoms. The average molecular weight is 272 g/mol. The van der Waals surface area contributed by atoms with Crippen molar-refractivity contribution in [2.75, 3.05) is 20.3 Å². The Kier molecular flexibility index (Phi) is 3.52. The Morgan fingerprint density at radius 2 is 2.35 bits per heavy atom. The molecule has 0 amide bonds. The van der Waals surface area contributed by atoms with Gasteiger partial charge in [-0.05, 0) is 29.3 Å². The van der Waals surface area contributed by atoms with E-state index in [-0.39, 0.29) is 5.97 Å². The SMILES string of the molecule is COC(=O)c1ccc(Cn2cccn2)c(C2COC2)c1. The van der Waals surface area contributed by atoms with Crippen LogP contribution in [-0.4, -0.2) is 36.1 Å². The predicted octanol–water partition coefficient (Wildman–Crippen LogP) is 1.83. The molecule has 0 saturated carbocycles. The number of aromatic nitrogens is 2. The quantitative estimate of drug-likeness (QED) is 0.797. The van der Waals surface area contributed by atoms with Crippen LogP contribution in [0.3, 0.4) is 0 Å². The van der Waals surface area contributed by atoms with Crippen molar-refractivity contribution in [3.63, 3.8) is 0 Å². The zero-order valence-electron chi connectivity index (χ0n) is 11.3. The van der Waals surface area contributed by atoms with Crippen molar-refractivity contribution in [3.05, 3.63) is 53.3 Å². The normalized spacial score (nSPS) is 14.8. The molecule has 1 saturated heterocycles. The van der Waals surface area contributed by atoms with Crippen molar-refractivity contribution in [1.29, 1.82) is 0 Å². The van der Waals surface area contributed by atoms with Crippen molar-refractivity contribution in [2.45, 2.75) is 12.5 Å². The number of benzene rings is 1. The van der Waals surface area contributed by atoms with Gasteiger partial charge in [-0.3, -0.25) is 4.68 Å². The van der Waals surface area contributed by atoms with Crippen molar-refractivity contribution >= 4 is 5.97 Å². The monoisotopic (exact) mass is 272 g/mol. The number of hydrogen-bond acceptors (Lipinski definition) is 4. The maximum Gasteiger partial charge on any atom is 0.337 e. The Morgan fingerprint density at radius 3 is 2.95 bits per heavy atom. The molecule has 0 bridgehead atoms. The summed E-state index contributed by atoms with van der Waals surface area (Å²) in [7, 11) is 1.39. The summed E-state index contributed by atoms with van der Waals surface area (Å²) in [5, 5.41) is 4.22. The van der Waals surface area contributed by atoms with E-state index in [4.69, 9.17) is 9.47 Å². The minimum absolute atomic E-state index is 0.308. The van der Waals surface area contributed by atoms with Crippen LogP contribution in [0.4, 0.5) is 0 Å². The molecule has 1 aromatic carbocycles. The Labute approximate surface area is 117 Å². The molecule has 1 aliphatic heterocycles. The molecule has 1 fully saturated rings. The summed E-state index contributed by atoms with van der Waals surface area (Å²) >= 11 is 0. The summed E-state index contributed by atoms with van der Waals surface area (Å²) in [5.41, 5.74) is 2.89. The van der Waals surface area contributed by atoms with Crippen molar-refractivity contribution in [1.82, 2.24) is 9.78 Å². The fourth-order valence-corrected chi connectivity index (χ4v) is 2.35. The highest BCUT2D eigenvalue weighted by Crippen LogP contribution is 2.28. The van der Waals surface area contributed by atoms with Gasteiger partial charge in [0, 0.05) is 18.3 Å². The van der Waals surface area contributed by atoms with Crippen LogP contribution >= 0.6 is 0 Å². The van der Waals surface area contributed by atoms with E-state index in [1.807, 2.05) is 29.1 Å². The molecule has 104 valence electrons. The first-order valence-electron chi connectivity index (χ1n) is 6.54. The lowest BCUT2D eigenvalue weighted by atomic mass is 9.91. The minimum atomic E-state index is -0.308. The smallest absolute Gasteiger partial charge is 0.337 e. The molecule has 2 heterocycles. The Balaban J connectivity index is 1.93. The molecule has 2 aromatic rings. The van der Waals surface area contributed by atoms with Gasteiger partial charge in [0.2, 0.25) is 0 Å². The number of carbonyl (C=O) groups is 1. The first-order valence-corrected chi connectivity index (χ1v) is 6.54. The van der Waals surface area contributed by atoms with Crippen LogP contribution in [0.1, 0.15) is 27.4 Å². The lowest BCUT2D eigenvalue weighted by Gasteiger charge is -2.28. The second-order valence-corrected chi connectivity index (χ2v) is 4.84. The van der Waals surface area contributed by atoms with Gasteiger partial charge in [-0.25, -0.2) is 4.79 Å². The second-order valence-electron chi connectivity index (χ2n) is 4.84. The molecule has 0 aliphatic carbocycles. The molecule has 3 rings (SSSR count). The lowest BCUT2D eigenvalue weighted by molar-refractivity contribution is 0.00796. The molecule has 0 atom stereocenters. The fraction of sp³-hybridized carbons (Fsp3) is 0.333. The summed E-state index contributed by atoms with van der Waals surface area (Å²) in [6, 6.07) is 7.59. The topological polar surface area (TPSA) is 53.4 Å². The number of carbonyl (C=O) groups excluding carboxylic acids is 1. The van der Waals surface area contributed by atoms with Crippen molar-refractivity contribution in [3.8, 4) is 0 Å². The van der Waals surface area contributed by atoms with E-state index in [1.165, 1.54) is 7.11 Å². The molecule has 0 radical (unpaired) electrons. The zero-order chi connectivity index (χ0) is 13.9. The standard InChI is InChI=1S/C15H16N2O3/c1-19-15(18)11-3-4-12(8-17-6-2-5-16-17)14(7-11)13-9-20-10-13/h2-7,13H,8-10H2,1H3. The lowest BCUT2D eigenvalue weighted by Crippen LogP contribution is -2.27. The van der Waals surface area contributed by atoms with E-state index in [9.17, 15) is 4.79 Å². The Morgan fingerprint density at radius 1 is 1.50 bits per heavy atom. The summed E-state index contributed by atoms with van der Waals surface area (Å²) in [6.07, 6.45) is 3.68. The highest BCUT2D eigenvalue weighted by Gasteiger charge is 2.24. The number of methoxy groups -OCH3 is 1. The third-order valence-corrected chi connectivity index (χ3v) is 3.54. The highest BCUT2D eigenvalue weighted by molar-refractivity contribution is 5.89. The summed E-state index contributed by atoms with van der Waals surface area (Å²) in [6.45, 7) is 2.10. The van der Waals surface area contributed by atoms with Crippen LogP contribution < -0.4 is 0 Å². The molecule has 1 aliphatic rings. The van der Waals surface area contributed by atoms with Crippen molar-refractivity contribution < 1.29 is 14.3 Å². The van der Waals surface area contributed by atoms with Crippen LogP contribution in [0, 0.1) is 0 Å². The first kappa shape index (κ1) is 12.9. The minimum Gasteiger partial charge on any atom is -0.465 e.